The van der Waals surface area contributed by atoms with Crippen molar-refractivity contribution in [1.29, 1.82) is 0 Å². The number of carbonyl (C=O) groups is 2. The first-order chi connectivity index (χ1) is 13.2. The fourth-order valence-electron chi connectivity index (χ4n) is 3.75. The highest BCUT2D eigenvalue weighted by atomic mass is 16.5. The number of aryl methyl sites for hydroxylation is 3. The van der Waals surface area contributed by atoms with Crippen LogP contribution in [-0.4, -0.2) is 18.4 Å². The third-order valence-corrected chi connectivity index (χ3v) is 5.17. The van der Waals surface area contributed by atoms with Gasteiger partial charge in [0.15, 0.2) is 0 Å². The van der Waals surface area contributed by atoms with Crippen molar-refractivity contribution in [2.24, 2.45) is 0 Å². The van der Waals surface area contributed by atoms with E-state index in [2.05, 4.69) is 22.8 Å². The largest absolute Gasteiger partial charge is 0.494 e. The lowest BCUT2D eigenvalue weighted by atomic mass is 10.0. The van der Waals surface area contributed by atoms with Crippen LogP contribution in [0.2, 0.25) is 0 Å². The van der Waals surface area contributed by atoms with E-state index in [-0.39, 0.29) is 11.8 Å². The highest BCUT2D eigenvalue weighted by Gasteiger charge is 2.15. The second kappa shape index (κ2) is 7.82. The van der Waals surface area contributed by atoms with Crippen molar-refractivity contribution in [2.45, 2.75) is 44.9 Å². The van der Waals surface area contributed by atoms with Gasteiger partial charge in [0.05, 0.1) is 6.61 Å². The summed E-state index contributed by atoms with van der Waals surface area (Å²) in [5.74, 6) is 0.860. The maximum absolute atomic E-state index is 12.1. The Bertz CT molecular complexity index is 876. The molecule has 0 saturated heterocycles. The lowest BCUT2D eigenvalue weighted by molar-refractivity contribution is -0.117. The number of carbonyl (C=O) groups excluding carboxylic acids is 2. The van der Waals surface area contributed by atoms with E-state index >= 15 is 0 Å². The third-order valence-electron chi connectivity index (χ3n) is 5.17. The Morgan fingerprint density at radius 1 is 1.00 bits per heavy atom. The van der Waals surface area contributed by atoms with Crippen LogP contribution in [0, 0.1) is 0 Å². The Balaban J connectivity index is 1.22. The summed E-state index contributed by atoms with van der Waals surface area (Å²) >= 11 is 0. The predicted octanol–water partition coefficient (Wildman–Crippen LogP) is 3.86. The first kappa shape index (κ1) is 17.6. The van der Waals surface area contributed by atoms with E-state index in [1.165, 1.54) is 17.5 Å². The van der Waals surface area contributed by atoms with Crippen molar-refractivity contribution < 1.29 is 14.3 Å². The Morgan fingerprint density at radius 3 is 2.81 bits per heavy atom. The van der Waals surface area contributed by atoms with Crippen molar-refractivity contribution in [3.63, 3.8) is 0 Å². The van der Waals surface area contributed by atoms with Crippen LogP contribution in [-0.2, 0) is 28.9 Å². The first-order valence-corrected chi connectivity index (χ1v) is 9.64. The van der Waals surface area contributed by atoms with E-state index in [9.17, 15) is 9.59 Å². The second-order valence-corrected chi connectivity index (χ2v) is 7.20. The number of anilines is 2. The normalized spacial score (nSPS) is 14.9. The van der Waals surface area contributed by atoms with E-state index in [0.29, 0.717) is 25.9 Å². The first-order valence-electron chi connectivity index (χ1n) is 9.64. The lowest BCUT2D eigenvalue weighted by Gasteiger charge is -2.17. The molecule has 4 rings (SSSR count). The quantitative estimate of drug-likeness (QED) is 0.765. The van der Waals surface area contributed by atoms with Gasteiger partial charge < -0.3 is 15.4 Å². The Hall–Kier alpha value is -2.82. The Morgan fingerprint density at radius 2 is 1.89 bits per heavy atom. The molecule has 27 heavy (non-hydrogen) atoms. The molecule has 0 saturated carbocycles. The van der Waals surface area contributed by atoms with Gasteiger partial charge in [0, 0.05) is 24.2 Å². The molecule has 0 fully saturated rings. The number of fused-ring (bicyclic) bond motifs is 2. The molecule has 1 heterocycles. The number of hydrogen-bond donors (Lipinski definition) is 2. The number of amides is 2. The SMILES string of the molecule is O=C(CCCOc1ccc2c(c1)CCC(=O)N2)Nc1ccc2c(c1)CCC2. The van der Waals surface area contributed by atoms with Crippen molar-refractivity contribution in [3.05, 3.63) is 53.1 Å². The molecule has 2 aliphatic rings. The highest BCUT2D eigenvalue weighted by molar-refractivity contribution is 5.94. The molecule has 0 aromatic heterocycles. The zero-order valence-corrected chi connectivity index (χ0v) is 15.3. The molecule has 0 atom stereocenters. The van der Waals surface area contributed by atoms with Crippen LogP contribution in [0.5, 0.6) is 5.75 Å². The Labute approximate surface area is 159 Å². The van der Waals surface area contributed by atoms with E-state index in [0.717, 1.165) is 42.0 Å². The summed E-state index contributed by atoms with van der Waals surface area (Å²) in [4.78, 5) is 23.5. The standard InChI is InChI=1S/C22H24N2O3/c25-21(23-18-8-6-15-3-1-4-16(15)13-18)5-2-12-27-19-9-10-20-17(14-19)7-11-22(26)24-20/h6,8-10,13-14H,1-5,7,11-12H2,(H,23,25)(H,24,26). The molecule has 140 valence electrons. The summed E-state index contributed by atoms with van der Waals surface area (Å²) in [5.41, 5.74) is 5.62. The van der Waals surface area contributed by atoms with Crippen LogP contribution in [0.1, 0.15) is 42.4 Å². The second-order valence-electron chi connectivity index (χ2n) is 7.20. The summed E-state index contributed by atoms with van der Waals surface area (Å²) in [7, 11) is 0. The Kier molecular flexibility index (Phi) is 5.10. The number of ether oxygens (including phenoxy) is 1. The molecule has 5 heteroatoms. The number of nitrogens with one attached hydrogen (secondary N) is 2. The van der Waals surface area contributed by atoms with E-state index in [1.807, 2.05) is 24.3 Å². The zero-order valence-electron chi connectivity index (χ0n) is 15.3. The van der Waals surface area contributed by atoms with Crippen LogP contribution in [0.3, 0.4) is 0 Å². The maximum Gasteiger partial charge on any atom is 0.224 e. The fourth-order valence-corrected chi connectivity index (χ4v) is 3.75. The van der Waals surface area contributed by atoms with Crippen LogP contribution < -0.4 is 15.4 Å². The molecule has 0 spiro atoms. The molecule has 0 radical (unpaired) electrons. The third kappa shape index (κ3) is 4.30. The molecule has 0 bridgehead atoms. The summed E-state index contributed by atoms with van der Waals surface area (Å²) in [6.07, 6.45) is 5.80. The molecular formula is C22H24N2O3. The van der Waals surface area contributed by atoms with Gasteiger partial charge in [-0.2, -0.15) is 0 Å². The molecule has 2 aromatic rings. The molecule has 2 aromatic carbocycles. The van der Waals surface area contributed by atoms with E-state index < -0.39 is 0 Å². The number of benzene rings is 2. The fraction of sp³-hybridized carbons (Fsp3) is 0.364. The van der Waals surface area contributed by atoms with Gasteiger partial charge in [-0.15, -0.1) is 0 Å². The van der Waals surface area contributed by atoms with Crippen LogP contribution >= 0.6 is 0 Å². The van der Waals surface area contributed by atoms with Gasteiger partial charge in [-0.3, -0.25) is 9.59 Å². The van der Waals surface area contributed by atoms with Crippen molar-refractivity contribution in [2.75, 3.05) is 17.2 Å². The summed E-state index contributed by atoms with van der Waals surface area (Å²) in [6, 6.07) is 11.9. The van der Waals surface area contributed by atoms with Crippen molar-refractivity contribution in [1.82, 2.24) is 0 Å². The minimum absolute atomic E-state index is 0.0182. The van der Waals surface area contributed by atoms with Gasteiger partial charge in [0.25, 0.3) is 0 Å². The van der Waals surface area contributed by atoms with Gasteiger partial charge >= 0.3 is 0 Å². The number of hydrogen-bond acceptors (Lipinski definition) is 3. The lowest BCUT2D eigenvalue weighted by Crippen LogP contribution is -2.18. The molecule has 2 N–H and O–H groups in total. The van der Waals surface area contributed by atoms with Gasteiger partial charge in [0.2, 0.25) is 11.8 Å². The minimum atomic E-state index is 0.0182. The van der Waals surface area contributed by atoms with Gasteiger partial charge in [-0.05, 0) is 79.1 Å². The molecule has 2 amide bonds. The molecule has 1 aliphatic carbocycles. The minimum Gasteiger partial charge on any atom is -0.494 e. The highest BCUT2D eigenvalue weighted by Crippen LogP contribution is 2.27. The zero-order chi connectivity index (χ0) is 18.6. The van der Waals surface area contributed by atoms with Crippen LogP contribution in [0.15, 0.2) is 36.4 Å². The average Bonchev–Trinajstić information content (AvgIpc) is 3.13. The maximum atomic E-state index is 12.1. The predicted molar refractivity (Wildman–Crippen MR) is 105 cm³/mol. The summed E-state index contributed by atoms with van der Waals surface area (Å²) in [6.45, 7) is 0.489. The van der Waals surface area contributed by atoms with Crippen molar-refractivity contribution >= 4 is 23.2 Å². The average molecular weight is 364 g/mol. The van der Waals surface area contributed by atoms with Gasteiger partial charge in [0.1, 0.15) is 5.75 Å². The van der Waals surface area contributed by atoms with Gasteiger partial charge in [-0.25, -0.2) is 0 Å². The summed E-state index contributed by atoms with van der Waals surface area (Å²) in [5, 5.41) is 5.84. The smallest absolute Gasteiger partial charge is 0.224 e. The molecule has 1 aliphatic heterocycles. The van der Waals surface area contributed by atoms with Crippen LogP contribution in [0.25, 0.3) is 0 Å². The number of rotatable bonds is 6. The van der Waals surface area contributed by atoms with Crippen LogP contribution in [0.4, 0.5) is 11.4 Å². The molecule has 5 nitrogen and oxygen atoms in total. The van der Waals surface area contributed by atoms with E-state index in [4.69, 9.17) is 4.74 Å². The molecule has 0 unspecified atom stereocenters. The van der Waals surface area contributed by atoms with Crippen molar-refractivity contribution in [3.8, 4) is 5.75 Å². The topological polar surface area (TPSA) is 67.4 Å². The monoisotopic (exact) mass is 364 g/mol. The van der Waals surface area contributed by atoms with Gasteiger partial charge in [-0.1, -0.05) is 6.07 Å². The van der Waals surface area contributed by atoms with E-state index in [1.54, 1.807) is 0 Å². The molecular weight excluding hydrogens is 340 g/mol. The summed E-state index contributed by atoms with van der Waals surface area (Å²) < 4.78 is 5.77.